The zero-order chi connectivity index (χ0) is 9.97. The Balaban J connectivity index is 2.29. The Morgan fingerprint density at radius 3 is 3.14 bits per heavy atom. The van der Waals surface area contributed by atoms with E-state index in [1.165, 1.54) is 0 Å². The predicted octanol–water partition coefficient (Wildman–Crippen LogP) is 2.89. The first-order valence-electron chi connectivity index (χ1n) is 4.14. The summed E-state index contributed by atoms with van der Waals surface area (Å²) >= 11 is 5.08. The van der Waals surface area contributed by atoms with Gasteiger partial charge < -0.3 is 9.73 Å². The van der Waals surface area contributed by atoms with Gasteiger partial charge in [-0.1, -0.05) is 0 Å². The van der Waals surface area contributed by atoms with Crippen molar-refractivity contribution in [1.29, 1.82) is 0 Å². The lowest BCUT2D eigenvalue weighted by Crippen LogP contribution is -2.03. The van der Waals surface area contributed by atoms with Crippen LogP contribution in [0.2, 0.25) is 0 Å². The Bertz CT molecular complexity index is 424. The van der Waals surface area contributed by atoms with Crippen LogP contribution in [0.3, 0.4) is 0 Å². The molecule has 2 rings (SSSR count). The quantitative estimate of drug-likeness (QED) is 0.934. The van der Waals surface area contributed by atoms with Crippen molar-refractivity contribution in [3.05, 3.63) is 27.2 Å². The SMILES string of the molecule is CNCc1cnc(-c2ccsc2Br)o1. The second-order valence-corrected chi connectivity index (χ2v) is 5.00. The molecule has 0 unspecified atom stereocenters. The summed E-state index contributed by atoms with van der Waals surface area (Å²) in [6, 6.07) is 1.99. The molecule has 2 heterocycles. The molecule has 74 valence electrons. The first-order chi connectivity index (χ1) is 6.81. The zero-order valence-corrected chi connectivity index (χ0v) is 9.98. The number of aromatic nitrogens is 1. The molecule has 0 saturated carbocycles. The topological polar surface area (TPSA) is 38.1 Å². The number of hydrogen-bond donors (Lipinski definition) is 1. The van der Waals surface area contributed by atoms with Crippen molar-refractivity contribution in [2.75, 3.05) is 7.05 Å². The highest BCUT2D eigenvalue weighted by Crippen LogP contribution is 2.32. The van der Waals surface area contributed by atoms with Crippen LogP contribution in [0.5, 0.6) is 0 Å². The first kappa shape index (κ1) is 9.89. The van der Waals surface area contributed by atoms with Crippen molar-refractivity contribution in [2.24, 2.45) is 0 Å². The van der Waals surface area contributed by atoms with Gasteiger partial charge in [-0.3, -0.25) is 0 Å². The summed E-state index contributed by atoms with van der Waals surface area (Å²) in [5, 5.41) is 5.02. The van der Waals surface area contributed by atoms with E-state index in [0.29, 0.717) is 12.4 Å². The molecular formula is C9H9BrN2OS. The van der Waals surface area contributed by atoms with Gasteiger partial charge in [-0.05, 0) is 34.4 Å². The van der Waals surface area contributed by atoms with Gasteiger partial charge in [0.05, 0.1) is 22.1 Å². The summed E-state index contributed by atoms with van der Waals surface area (Å²) in [5.41, 5.74) is 1.01. The Morgan fingerprint density at radius 2 is 2.50 bits per heavy atom. The van der Waals surface area contributed by atoms with Gasteiger partial charge >= 0.3 is 0 Å². The van der Waals surface area contributed by atoms with E-state index in [-0.39, 0.29) is 0 Å². The standard InChI is InChI=1S/C9H9BrN2OS/c1-11-4-6-5-12-9(13-6)7-2-3-14-8(7)10/h2-3,5,11H,4H2,1H3. The van der Waals surface area contributed by atoms with E-state index in [2.05, 4.69) is 26.2 Å². The molecule has 0 fully saturated rings. The fourth-order valence-electron chi connectivity index (χ4n) is 1.13. The maximum absolute atomic E-state index is 5.55. The second-order valence-electron chi connectivity index (χ2n) is 2.77. The highest BCUT2D eigenvalue weighted by atomic mass is 79.9. The summed E-state index contributed by atoms with van der Waals surface area (Å²) in [6.07, 6.45) is 1.75. The third kappa shape index (κ3) is 1.89. The molecular weight excluding hydrogens is 264 g/mol. The van der Waals surface area contributed by atoms with Gasteiger partial charge in [-0.2, -0.15) is 0 Å². The van der Waals surface area contributed by atoms with E-state index in [9.17, 15) is 0 Å². The first-order valence-corrected chi connectivity index (χ1v) is 5.81. The molecule has 0 aromatic carbocycles. The summed E-state index contributed by atoms with van der Waals surface area (Å²) in [5.74, 6) is 1.52. The molecule has 0 aliphatic heterocycles. The van der Waals surface area contributed by atoms with Gasteiger partial charge in [-0.25, -0.2) is 4.98 Å². The molecule has 0 spiro atoms. The van der Waals surface area contributed by atoms with E-state index in [1.807, 2.05) is 18.5 Å². The molecule has 1 N–H and O–H groups in total. The fraction of sp³-hybridized carbons (Fsp3) is 0.222. The number of nitrogens with one attached hydrogen (secondary N) is 1. The van der Waals surface area contributed by atoms with Crippen LogP contribution in [-0.4, -0.2) is 12.0 Å². The number of nitrogens with zero attached hydrogens (tertiary/aromatic N) is 1. The third-order valence-corrected chi connectivity index (χ3v) is 3.44. The van der Waals surface area contributed by atoms with Crippen LogP contribution in [0.1, 0.15) is 5.76 Å². The van der Waals surface area contributed by atoms with E-state index in [1.54, 1.807) is 17.5 Å². The van der Waals surface area contributed by atoms with E-state index < -0.39 is 0 Å². The van der Waals surface area contributed by atoms with Crippen molar-refractivity contribution < 1.29 is 4.42 Å². The van der Waals surface area contributed by atoms with Gasteiger partial charge in [-0.15, -0.1) is 11.3 Å². The van der Waals surface area contributed by atoms with Crippen molar-refractivity contribution in [2.45, 2.75) is 6.54 Å². The van der Waals surface area contributed by atoms with Gasteiger partial charge in [0.15, 0.2) is 0 Å². The molecule has 0 amide bonds. The molecule has 2 aromatic heterocycles. The lowest BCUT2D eigenvalue weighted by atomic mass is 10.3. The monoisotopic (exact) mass is 272 g/mol. The minimum atomic E-state index is 0.670. The van der Waals surface area contributed by atoms with Crippen LogP contribution < -0.4 is 5.32 Å². The zero-order valence-electron chi connectivity index (χ0n) is 7.58. The molecule has 0 radical (unpaired) electrons. The maximum Gasteiger partial charge on any atom is 0.228 e. The minimum absolute atomic E-state index is 0.670. The lowest BCUT2D eigenvalue weighted by molar-refractivity contribution is 0.503. The number of oxazole rings is 1. The summed E-state index contributed by atoms with van der Waals surface area (Å²) in [6.45, 7) is 0.703. The molecule has 0 aliphatic rings. The minimum Gasteiger partial charge on any atom is -0.440 e. The van der Waals surface area contributed by atoms with Crippen molar-refractivity contribution in [1.82, 2.24) is 10.3 Å². The fourth-order valence-corrected chi connectivity index (χ4v) is 2.37. The molecule has 14 heavy (non-hydrogen) atoms. The molecule has 5 heteroatoms. The molecule has 0 aliphatic carbocycles. The summed E-state index contributed by atoms with van der Waals surface area (Å²) < 4.78 is 6.60. The van der Waals surface area contributed by atoms with Crippen molar-refractivity contribution >= 4 is 27.3 Å². The van der Waals surface area contributed by atoms with Crippen molar-refractivity contribution in [3.8, 4) is 11.5 Å². The smallest absolute Gasteiger partial charge is 0.228 e. The van der Waals surface area contributed by atoms with Crippen LogP contribution in [-0.2, 0) is 6.54 Å². The number of hydrogen-bond acceptors (Lipinski definition) is 4. The molecule has 3 nitrogen and oxygen atoms in total. The van der Waals surface area contributed by atoms with Crippen LogP contribution in [0.15, 0.2) is 25.8 Å². The average Bonchev–Trinajstić information content (AvgIpc) is 2.74. The van der Waals surface area contributed by atoms with Crippen LogP contribution in [0.25, 0.3) is 11.5 Å². The van der Waals surface area contributed by atoms with Gasteiger partial charge in [0.1, 0.15) is 5.76 Å². The summed E-state index contributed by atoms with van der Waals surface area (Å²) in [7, 11) is 1.88. The average molecular weight is 273 g/mol. The van der Waals surface area contributed by atoms with Crippen LogP contribution in [0, 0.1) is 0 Å². The second kappa shape index (κ2) is 4.25. The highest BCUT2D eigenvalue weighted by molar-refractivity contribution is 9.11. The van der Waals surface area contributed by atoms with Gasteiger partial charge in [0, 0.05) is 0 Å². The Labute approximate surface area is 94.3 Å². The van der Waals surface area contributed by atoms with E-state index in [4.69, 9.17) is 4.42 Å². The maximum atomic E-state index is 5.55. The third-order valence-electron chi connectivity index (χ3n) is 1.75. The molecule has 2 aromatic rings. The number of thiophene rings is 1. The Morgan fingerprint density at radius 1 is 1.64 bits per heavy atom. The lowest BCUT2D eigenvalue weighted by Gasteiger charge is -1.92. The molecule has 0 saturated heterocycles. The van der Waals surface area contributed by atoms with E-state index >= 15 is 0 Å². The largest absolute Gasteiger partial charge is 0.440 e. The highest BCUT2D eigenvalue weighted by Gasteiger charge is 2.10. The van der Waals surface area contributed by atoms with Gasteiger partial charge in [0.2, 0.25) is 5.89 Å². The van der Waals surface area contributed by atoms with Crippen molar-refractivity contribution in [3.63, 3.8) is 0 Å². The number of halogens is 1. The van der Waals surface area contributed by atoms with Crippen LogP contribution >= 0.6 is 27.3 Å². The number of rotatable bonds is 3. The van der Waals surface area contributed by atoms with Gasteiger partial charge in [0.25, 0.3) is 0 Å². The predicted molar refractivity (Wildman–Crippen MR) is 60.3 cm³/mol. The Kier molecular flexibility index (Phi) is 3.00. The summed E-state index contributed by atoms with van der Waals surface area (Å²) in [4.78, 5) is 4.21. The van der Waals surface area contributed by atoms with E-state index in [0.717, 1.165) is 15.1 Å². The Hall–Kier alpha value is -0.650. The molecule has 0 atom stereocenters. The normalized spacial score (nSPS) is 10.7. The molecule has 0 bridgehead atoms. The van der Waals surface area contributed by atoms with Crippen LogP contribution in [0.4, 0.5) is 0 Å².